The summed E-state index contributed by atoms with van der Waals surface area (Å²) in [4.78, 5) is 0. The summed E-state index contributed by atoms with van der Waals surface area (Å²) >= 11 is 5.88. The minimum absolute atomic E-state index is 0.0362. The predicted octanol–water partition coefficient (Wildman–Crippen LogP) is 4.12. The normalized spacial score (nSPS) is 10.6. The molecule has 0 aliphatic heterocycles. The SMILES string of the molecule is COc1ccc(-c2nnc(COc3ccc(F)cc3Cl)o2)cc1. The van der Waals surface area contributed by atoms with E-state index in [1.807, 2.05) is 12.1 Å². The molecule has 0 atom stereocenters. The fourth-order valence-corrected chi connectivity index (χ4v) is 2.12. The lowest BCUT2D eigenvalue weighted by atomic mass is 10.2. The van der Waals surface area contributed by atoms with E-state index in [0.717, 1.165) is 11.3 Å². The van der Waals surface area contributed by atoms with Crippen molar-refractivity contribution in [2.24, 2.45) is 0 Å². The Kier molecular flexibility index (Phi) is 4.43. The highest BCUT2D eigenvalue weighted by molar-refractivity contribution is 6.32. The van der Waals surface area contributed by atoms with Gasteiger partial charge in [-0.3, -0.25) is 0 Å². The van der Waals surface area contributed by atoms with E-state index in [9.17, 15) is 4.39 Å². The second kappa shape index (κ2) is 6.66. The molecule has 0 unspecified atom stereocenters. The van der Waals surface area contributed by atoms with Gasteiger partial charge >= 0.3 is 0 Å². The number of aromatic nitrogens is 2. The summed E-state index contributed by atoms with van der Waals surface area (Å²) in [7, 11) is 1.59. The molecule has 7 heteroatoms. The minimum Gasteiger partial charge on any atom is -0.497 e. The topological polar surface area (TPSA) is 57.4 Å². The van der Waals surface area contributed by atoms with Crippen molar-refractivity contribution in [2.75, 3.05) is 7.11 Å². The monoisotopic (exact) mass is 334 g/mol. The molecule has 0 bridgehead atoms. The third-order valence-electron chi connectivity index (χ3n) is 3.05. The van der Waals surface area contributed by atoms with Crippen molar-refractivity contribution in [1.82, 2.24) is 10.2 Å². The van der Waals surface area contributed by atoms with E-state index >= 15 is 0 Å². The van der Waals surface area contributed by atoms with Crippen molar-refractivity contribution in [3.8, 4) is 23.0 Å². The molecule has 0 radical (unpaired) electrons. The number of rotatable bonds is 5. The van der Waals surface area contributed by atoms with Crippen molar-refractivity contribution in [3.63, 3.8) is 0 Å². The summed E-state index contributed by atoms with van der Waals surface area (Å²) in [5.74, 6) is 1.31. The van der Waals surface area contributed by atoms with Crippen LogP contribution in [0.4, 0.5) is 4.39 Å². The molecule has 0 spiro atoms. The molecular weight excluding hydrogens is 323 g/mol. The lowest BCUT2D eigenvalue weighted by molar-refractivity contribution is 0.264. The Bertz CT molecular complexity index is 805. The van der Waals surface area contributed by atoms with Gasteiger partial charge in [0, 0.05) is 5.56 Å². The molecular formula is C16H12ClFN2O3. The quantitative estimate of drug-likeness (QED) is 0.702. The molecule has 1 heterocycles. The van der Waals surface area contributed by atoms with E-state index < -0.39 is 5.82 Å². The van der Waals surface area contributed by atoms with Crippen LogP contribution in [0.5, 0.6) is 11.5 Å². The first-order valence-corrected chi connectivity index (χ1v) is 7.08. The van der Waals surface area contributed by atoms with Crippen molar-refractivity contribution < 1.29 is 18.3 Å². The molecule has 2 aromatic carbocycles. The van der Waals surface area contributed by atoms with Gasteiger partial charge in [-0.15, -0.1) is 10.2 Å². The van der Waals surface area contributed by atoms with Gasteiger partial charge in [-0.05, 0) is 42.5 Å². The molecule has 0 amide bonds. The van der Waals surface area contributed by atoms with Gasteiger partial charge in [0.1, 0.15) is 17.3 Å². The molecule has 0 N–H and O–H groups in total. The maximum absolute atomic E-state index is 13.0. The molecule has 0 saturated heterocycles. The molecule has 3 aromatic rings. The number of methoxy groups -OCH3 is 1. The number of ether oxygens (including phenoxy) is 2. The fourth-order valence-electron chi connectivity index (χ4n) is 1.89. The summed E-state index contributed by atoms with van der Waals surface area (Å²) in [6.07, 6.45) is 0. The number of halogens is 2. The van der Waals surface area contributed by atoms with E-state index in [-0.39, 0.29) is 17.5 Å². The summed E-state index contributed by atoms with van der Waals surface area (Å²) in [5, 5.41) is 8.05. The van der Waals surface area contributed by atoms with Gasteiger partial charge < -0.3 is 13.9 Å². The van der Waals surface area contributed by atoms with Gasteiger partial charge in [-0.1, -0.05) is 11.6 Å². The zero-order valence-electron chi connectivity index (χ0n) is 12.1. The van der Waals surface area contributed by atoms with Crippen molar-refractivity contribution in [3.05, 3.63) is 59.2 Å². The van der Waals surface area contributed by atoms with E-state index in [4.69, 9.17) is 25.5 Å². The Labute approximate surface area is 136 Å². The largest absolute Gasteiger partial charge is 0.497 e. The summed E-state index contributed by atoms with van der Waals surface area (Å²) in [6.45, 7) is 0.0362. The summed E-state index contributed by atoms with van der Waals surface area (Å²) in [5.41, 5.74) is 0.768. The average Bonchev–Trinajstić information content (AvgIpc) is 3.03. The average molecular weight is 335 g/mol. The van der Waals surface area contributed by atoms with Crippen LogP contribution >= 0.6 is 11.6 Å². The van der Waals surface area contributed by atoms with Crippen molar-refractivity contribution >= 4 is 11.6 Å². The third-order valence-corrected chi connectivity index (χ3v) is 3.34. The standard InChI is InChI=1S/C16H12ClFN2O3/c1-21-12-5-2-10(3-6-12)16-20-19-15(23-16)9-22-14-7-4-11(18)8-13(14)17/h2-8H,9H2,1H3. The van der Waals surface area contributed by atoms with Gasteiger partial charge in [-0.2, -0.15) is 0 Å². The smallest absolute Gasteiger partial charge is 0.254 e. The lowest BCUT2D eigenvalue weighted by Crippen LogP contribution is -1.96. The molecule has 1 aromatic heterocycles. The Morgan fingerprint density at radius 3 is 2.61 bits per heavy atom. The molecule has 118 valence electrons. The second-order valence-corrected chi connectivity index (χ2v) is 5.00. The Balaban J connectivity index is 1.69. The molecule has 5 nitrogen and oxygen atoms in total. The van der Waals surface area contributed by atoms with Gasteiger partial charge in [0.05, 0.1) is 12.1 Å². The molecule has 0 aliphatic carbocycles. The maximum Gasteiger partial charge on any atom is 0.254 e. The molecule has 0 fully saturated rings. The lowest BCUT2D eigenvalue weighted by Gasteiger charge is -2.05. The highest BCUT2D eigenvalue weighted by atomic mass is 35.5. The van der Waals surface area contributed by atoms with Crippen LogP contribution in [0.15, 0.2) is 46.9 Å². The highest BCUT2D eigenvalue weighted by Crippen LogP contribution is 2.26. The van der Waals surface area contributed by atoms with Crippen molar-refractivity contribution in [1.29, 1.82) is 0 Å². The first-order chi connectivity index (χ1) is 11.2. The molecule has 23 heavy (non-hydrogen) atoms. The predicted molar refractivity (Wildman–Crippen MR) is 82.0 cm³/mol. The first kappa shape index (κ1) is 15.3. The summed E-state index contributed by atoms with van der Waals surface area (Å²) < 4.78 is 29.0. The summed E-state index contributed by atoms with van der Waals surface area (Å²) in [6, 6.07) is 11.1. The van der Waals surface area contributed by atoms with Crippen LogP contribution in [0.3, 0.4) is 0 Å². The number of hydrogen-bond acceptors (Lipinski definition) is 5. The van der Waals surface area contributed by atoms with Gasteiger partial charge in [0.2, 0.25) is 5.89 Å². The number of benzene rings is 2. The van der Waals surface area contributed by atoms with Crippen molar-refractivity contribution in [2.45, 2.75) is 6.61 Å². The maximum atomic E-state index is 13.0. The second-order valence-electron chi connectivity index (χ2n) is 4.59. The van der Waals surface area contributed by atoms with Gasteiger partial charge in [0.25, 0.3) is 5.89 Å². The minimum atomic E-state index is -0.429. The van der Waals surface area contributed by atoms with E-state index in [2.05, 4.69) is 10.2 Å². The fraction of sp³-hybridized carbons (Fsp3) is 0.125. The Morgan fingerprint density at radius 1 is 1.13 bits per heavy atom. The zero-order valence-corrected chi connectivity index (χ0v) is 12.9. The number of hydrogen-bond donors (Lipinski definition) is 0. The van der Waals surface area contributed by atoms with E-state index in [0.29, 0.717) is 11.6 Å². The molecule has 3 rings (SSSR count). The van der Waals surface area contributed by atoms with Crippen LogP contribution in [0.1, 0.15) is 5.89 Å². The van der Waals surface area contributed by atoms with E-state index in [1.165, 1.54) is 18.2 Å². The van der Waals surface area contributed by atoms with Crippen LogP contribution in [-0.4, -0.2) is 17.3 Å². The highest BCUT2D eigenvalue weighted by Gasteiger charge is 2.10. The Morgan fingerprint density at radius 2 is 1.91 bits per heavy atom. The van der Waals surface area contributed by atoms with Gasteiger partial charge in [0.15, 0.2) is 6.61 Å². The molecule has 0 aliphatic rings. The van der Waals surface area contributed by atoms with E-state index in [1.54, 1.807) is 19.2 Å². The van der Waals surface area contributed by atoms with Crippen LogP contribution in [-0.2, 0) is 6.61 Å². The first-order valence-electron chi connectivity index (χ1n) is 6.70. The zero-order chi connectivity index (χ0) is 16.2. The third kappa shape index (κ3) is 3.60. The van der Waals surface area contributed by atoms with Crippen LogP contribution in [0.25, 0.3) is 11.5 Å². The molecule has 0 saturated carbocycles. The number of nitrogens with zero attached hydrogens (tertiary/aromatic N) is 2. The van der Waals surface area contributed by atoms with Crippen LogP contribution in [0, 0.1) is 5.82 Å². The Hall–Kier alpha value is -2.60. The van der Waals surface area contributed by atoms with Gasteiger partial charge in [-0.25, -0.2) is 4.39 Å². The van der Waals surface area contributed by atoms with Crippen LogP contribution < -0.4 is 9.47 Å². The van der Waals surface area contributed by atoms with Crippen LogP contribution in [0.2, 0.25) is 5.02 Å².